The molecule has 0 amide bonds. The summed E-state index contributed by atoms with van der Waals surface area (Å²) in [6.45, 7) is 13.1. The number of benzene rings is 2. The third kappa shape index (κ3) is 12.1. The van der Waals surface area contributed by atoms with Gasteiger partial charge in [-0.25, -0.2) is 0 Å². The Kier molecular flexibility index (Phi) is 16.0. The number of carbonyl (C=O) groups excluding carboxylic acids is 2. The molecule has 0 unspecified atom stereocenters. The van der Waals surface area contributed by atoms with E-state index in [1.54, 1.807) is 0 Å². The summed E-state index contributed by atoms with van der Waals surface area (Å²) in [7, 11) is 0. The van der Waals surface area contributed by atoms with Crippen molar-refractivity contribution in [3.8, 4) is 11.5 Å². The third-order valence-corrected chi connectivity index (χ3v) is 9.08. The first-order valence-corrected chi connectivity index (χ1v) is 17.7. The van der Waals surface area contributed by atoms with E-state index in [1.165, 1.54) is 0 Å². The average molecular weight is 637 g/mol. The molecule has 2 aliphatic rings. The maximum atomic E-state index is 14.0. The van der Waals surface area contributed by atoms with E-state index < -0.39 is 0 Å². The molecule has 46 heavy (non-hydrogen) atoms. The molecule has 4 rings (SSSR count). The largest absolute Gasteiger partial charge is 0.494 e. The molecule has 0 spiro atoms. The fourth-order valence-corrected chi connectivity index (χ4v) is 6.19. The van der Waals surface area contributed by atoms with Gasteiger partial charge in [0.15, 0.2) is 11.6 Å². The molecule has 8 heteroatoms. The quantitative estimate of drug-likeness (QED) is 0.113. The van der Waals surface area contributed by atoms with Gasteiger partial charge in [0.05, 0.1) is 39.6 Å². The van der Waals surface area contributed by atoms with Gasteiger partial charge in [0.25, 0.3) is 0 Å². The molecular weight excluding hydrogens is 580 g/mol. The molecule has 2 atom stereocenters. The number of ketones is 2. The van der Waals surface area contributed by atoms with Crippen LogP contribution in [0.15, 0.2) is 48.5 Å². The fraction of sp³-hybridized carbons (Fsp3) is 0.632. The van der Waals surface area contributed by atoms with Crippen LogP contribution in [-0.4, -0.2) is 100 Å². The summed E-state index contributed by atoms with van der Waals surface area (Å²) in [5.41, 5.74) is 1.40. The summed E-state index contributed by atoms with van der Waals surface area (Å²) in [6.07, 6.45) is 7.94. The molecule has 2 saturated heterocycles. The third-order valence-electron chi connectivity index (χ3n) is 9.08. The molecule has 2 aromatic carbocycles. The molecule has 254 valence electrons. The normalized spacial score (nSPS) is 17.3. The van der Waals surface area contributed by atoms with Gasteiger partial charge in [0.2, 0.25) is 0 Å². The van der Waals surface area contributed by atoms with Crippen LogP contribution in [-0.2, 0) is 9.47 Å². The van der Waals surface area contributed by atoms with E-state index in [1.807, 2.05) is 48.5 Å². The number of Topliss-reactive ketones (excluding diaryl/α,β-unsaturated/α-hetero) is 2. The first kappa shape index (κ1) is 36.1. The molecule has 2 aromatic rings. The second-order valence-electron chi connectivity index (χ2n) is 12.7. The van der Waals surface area contributed by atoms with Crippen LogP contribution in [0.2, 0.25) is 0 Å². The summed E-state index contributed by atoms with van der Waals surface area (Å²) in [6, 6.07) is 15.2. The molecule has 0 aromatic heterocycles. The second-order valence-corrected chi connectivity index (χ2v) is 12.7. The zero-order valence-corrected chi connectivity index (χ0v) is 28.3. The molecule has 0 radical (unpaired) electrons. The Bertz CT molecular complexity index is 1050. The van der Waals surface area contributed by atoms with Crippen LogP contribution in [0.3, 0.4) is 0 Å². The van der Waals surface area contributed by atoms with E-state index >= 15 is 0 Å². The Hall–Kier alpha value is -2.78. The minimum atomic E-state index is -0.215. The highest BCUT2D eigenvalue weighted by molar-refractivity contribution is 5.99. The van der Waals surface area contributed by atoms with Crippen molar-refractivity contribution in [3.05, 3.63) is 59.7 Å². The molecule has 0 saturated carbocycles. The first-order chi connectivity index (χ1) is 22.6. The number of nitrogens with zero attached hydrogens (tertiary/aromatic N) is 2. The summed E-state index contributed by atoms with van der Waals surface area (Å²) in [5.74, 6) is 1.43. The molecule has 2 fully saturated rings. The smallest absolute Gasteiger partial charge is 0.167 e. The number of ether oxygens (including phenoxy) is 4. The van der Waals surface area contributed by atoms with Crippen molar-refractivity contribution in [3.63, 3.8) is 0 Å². The van der Waals surface area contributed by atoms with Crippen molar-refractivity contribution in [2.45, 2.75) is 65.2 Å². The van der Waals surface area contributed by atoms with E-state index in [0.717, 1.165) is 76.2 Å². The first-order valence-electron chi connectivity index (χ1n) is 17.7. The average Bonchev–Trinajstić information content (AvgIpc) is 3.10. The van der Waals surface area contributed by atoms with Gasteiger partial charge in [0, 0.05) is 62.2 Å². The van der Waals surface area contributed by atoms with Gasteiger partial charge < -0.3 is 18.9 Å². The predicted molar refractivity (Wildman–Crippen MR) is 182 cm³/mol. The topological polar surface area (TPSA) is 77.5 Å². The van der Waals surface area contributed by atoms with E-state index in [0.29, 0.717) is 76.7 Å². The zero-order chi connectivity index (χ0) is 32.4. The monoisotopic (exact) mass is 636 g/mol. The van der Waals surface area contributed by atoms with Gasteiger partial charge in [0.1, 0.15) is 11.5 Å². The van der Waals surface area contributed by atoms with Crippen LogP contribution in [0, 0.1) is 11.8 Å². The van der Waals surface area contributed by atoms with Crippen molar-refractivity contribution in [1.82, 2.24) is 9.80 Å². The Morgan fingerprint density at radius 3 is 1.33 bits per heavy atom. The number of unbranched alkanes of at least 4 members (excludes halogenated alkanes) is 4. The van der Waals surface area contributed by atoms with Gasteiger partial charge in [-0.1, -0.05) is 39.5 Å². The lowest BCUT2D eigenvalue weighted by Crippen LogP contribution is -2.42. The van der Waals surface area contributed by atoms with Crippen LogP contribution in [0.1, 0.15) is 85.9 Å². The number of rotatable bonds is 21. The van der Waals surface area contributed by atoms with E-state index in [2.05, 4.69) is 23.6 Å². The molecule has 0 bridgehead atoms. The van der Waals surface area contributed by atoms with Gasteiger partial charge >= 0.3 is 0 Å². The lowest BCUT2D eigenvalue weighted by Gasteiger charge is -2.32. The van der Waals surface area contributed by atoms with Gasteiger partial charge in [-0.2, -0.15) is 0 Å². The number of hydrogen-bond acceptors (Lipinski definition) is 8. The van der Waals surface area contributed by atoms with E-state index in [9.17, 15) is 9.59 Å². The van der Waals surface area contributed by atoms with Gasteiger partial charge in [-0.15, -0.1) is 0 Å². The maximum Gasteiger partial charge on any atom is 0.167 e. The fourth-order valence-electron chi connectivity index (χ4n) is 6.19. The highest BCUT2D eigenvalue weighted by Gasteiger charge is 2.29. The van der Waals surface area contributed by atoms with E-state index in [4.69, 9.17) is 18.9 Å². The minimum Gasteiger partial charge on any atom is -0.494 e. The van der Waals surface area contributed by atoms with E-state index in [-0.39, 0.29) is 23.4 Å². The van der Waals surface area contributed by atoms with Crippen LogP contribution >= 0.6 is 0 Å². The van der Waals surface area contributed by atoms with Crippen LogP contribution in [0.4, 0.5) is 0 Å². The molecule has 8 nitrogen and oxygen atoms in total. The lowest BCUT2D eigenvalue weighted by molar-refractivity contribution is 0.0254. The summed E-state index contributed by atoms with van der Waals surface area (Å²) in [5, 5.41) is 0. The molecule has 2 aliphatic heterocycles. The van der Waals surface area contributed by atoms with Gasteiger partial charge in [-0.05, 0) is 74.2 Å². The maximum absolute atomic E-state index is 14.0. The Labute approximate surface area is 276 Å². The molecule has 2 heterocycles. The van der Waals surface area contributed by atoms with Crippen LogP contribution in [0.25, 0.3) is 0 Å². The highest BCUT2D eigenvalue weighted by atomic mass is 16.5. The number of hydrogen-bond donors (Lipinski definition) is 0. The standard InChI is InChI=1S/C38H56N2O6/c1-3-5-7-23-45-35-15-11-31(12-16-35)37(41)33(29-39-19-25-43-26-20-39)9-10-34(30-40-21-27-44-28-22-40)38(42)32-13-17-36(18-14-32)46-24-8-6-4-2/h11-18,33-34H,3-10,19-30H2,1-2H3/t33-,34+. The minimum absolute atomic E-state index is 0.131. The lowest BCUT2D eigenvalue weighted by atomic mass is 9.86. The van der Waals surface area contributed by atoms with Gasteiger partial charge in [-0.3, -0.25) is 19.4 Å². The zero-order valence-electron chi connectivity index (χ0n) is 28.3. The van der Waals surface area contributed by atoms with Crippen molar-refractivity contribution in [1.29, 1.82) is 0 Å². The predicted octanol–water partition coefficient (Wildman–Crippen LogP) is 6.57. The molecular formula is C38H56N2O6. The second kappa shape index (κ2) is 20.5. The van der Waals surface area contributed by atoms with Crippen LogP contribution in [0.5, 0.6) is 11.5 Å². The van der Waals surface area contributed by atoms with Crippen molar-refractivity contribution < 1.29 is 28.5 Å². The highest BCUT2D eigenvalue weighted by Crippen LogP contribution is 2.25. The number of morpholine rings is 2. The van der Waals surface area contributed by atoms with Crippen LogP contribution < -0.4 is 9.47 Å². The Balaban J connectivity index is 1.45. The molecule has 0 aliphatic carbocycles. The van der Waals surface area contributed by atoms with Crippen molar-refractivity contribution in [2.24, 2.45) is 11.8 Å². The summed E-state index contributed by atoms with van der Waals surface area (Å²) >= 11 is 0. The van der Waals surface area contributed by atoms with Crippen molar-refractivity contribution >= 4 is 11.6 Å². The Morgan fingerprint density at radius 1 is 0.609 bits per heavy atom. The summed E-state index contributed by atoms with van der Waals surface area (Å²) in [4.78, 5) is 32.7. The summed E-state index contributed by atoms with van der Waals surface area (Å²) < 4.78 is 22.9. The SMILES string of the molecule is CCCCCOc1ccc(C(=O)[C@H](CC[C@@H](CN2CCOCC2)C(=O)c2ccc(OCCCCC)cc2)CN2CCOCC2)cc1. The number of carbonyl (C=O) groups is 2. The molecule has 0 N–H and O–H groups in total. The van der Waals surface area contributed by atoms with Crippen molar-refractivity contribution in [2.75, 3.05) is 78.9 Å². The Morgan fingerprint density at radius 2 is 0.978 bits per heavy atom.